The molecule has 0 bridgehead atoms. The number of phenolic OH excluding ortho intramolecular Hbond substituents is 2. The van der Waals surface area contributed by atoms with E-state index in [9.17, 15) is 10.2 Å². The number of benzene rings is 4. The third-order valence-corrected chi connectivity index (χ3v) is 8.27. The molecule has 4 aromatic carbocycles. The lowest BCUT2D eigenvalue weighted by Gasteiger charge is -2.24. The Morgan fingerprint density at radius 3 is 1.53 bits per heavy atom. The van der Waals surface area contributed by atoms with E-state index in [-0.39, 0.29) is 11.2 Å². The predicted molar refractivity (Wildman–Crippen MR) is 176 cm³/mol. The standard InChI is InChI=1S/C38H41N3O2/c1-21-10-13-28(23(3)16-21)35-39-36(29-14-11-22(2)17-24(29)4)41-37(40-35)30-15-12-27(20-33(30)42)19-31-25(5)18-32(38(7,8)9)34(43)26(31)6/h10-18,20,42-43H,19H2,1-9H3. The smallest absolute Gasteiger partial charge is 0.167 e. The van der Waals surface area contributed by atoms with E-state index in [1.807, 2.05) is 31.2 Å². The lowest BCUT2D eigenvalue weighted by molar-refractivity contribution is 0.441. The molecule has 0 aliphatic heterocycles. The van der Waals surface area contributed by atoms with Crippen molar-refractivity contribution in [3.8, 4) is 45.7 Å². The highest BCUT2D eigenvalue weighted by Gasteiger charge is 2.23. The molecule has 0 amide bonds. The third kappa shape index (κ3) is 6.03. The molecular weight excluding hydrogens is 530 g/mol. The fourth-order valence-corrected chi connectivity index (χ4v) is 5.80. The van der Waals surface area contributed by atoms with Gasteiger partial charge in [0.1, 0.15) is 11.5 Å². The van der Waals surface area contributed by atoms with Crippen LogP contribution in [0.5, 0.6) is 11.5 Å². The quantitative estimate of drug-likeness (QED) is 0.220. The molecule has 0 radical (unpaired) electrons. The molecule has 0 atom stereocenters. The number of aryl methyl sites for hydroxylation is 5. The van der Waals surface area contributed by atoms with Crippen LogP contribution in [0.1, 0.15) is 70.8 Å². The summed E-state index contributed by atoms with van der Waals surface area (Å²) in [6.45, 7) is 18.6. The first-order valence-electron chi connectivity index (χ1n) is 14.8. The second-order valence-corrected chi connectivity index (χ2v) is 12.9. The van der Waals surface area contributed by atoms with Crippen LogP contribution in [0.2, 0.25) is 0 Å². The molecule has 0 aliphatic rings. The van der Waals surface area contributed by atoms with Crippen LogP contribution in [0.4, 0.5) is 0 Å². The van der Waals surface area contributed by atoms with Crippen LogP contribution in [-0.4, -0.2) is 25.2 Å². The van der Waals surface area contributed by atoms with E-state index in [0.717, 1.165) is 50.1 Å². The molecule has 1 heterocycles. The van der Waals surface area contributed by atoms with E-state index in [0.29, 0.717) is 35.2 Å². The molecular formula is C38H41N3O2. The Labute approximate surface area is 255 Å². The van der Waals surface area contributed by atoms with E-state index in [1.54, 1.807) is 6.07 Å². The molecule has 0 saturated carbocycles. The summed E-state index contributed by atoms with van der Waals surface area (Å²) in [5.41, 5.74) is 11.7. The molecule has 5 nitrogen and oxygen atoms in total. The number of phenols is 2. The fourth-order valence-electron chi connectivity index (χ4n) is 5.80. The van der Waals surface area contributed by atoms with Gasteiger partial charge in [0.15, 0.2) is 17.5 Å². The molecule has 0 saturated heterocycles. The van der Waals surface area contributed by atoms with Gasteiger partial charge in [-0.05, 0) is 104 Å². The molecule has 5 rings (SSSR count). The maximum absolute atomic E-state index is 11.3. The highest BCUT2D eigenvalue weighted by molar-refractivity contribution is 5.72. The molecule has 43 heavy (non-hydrogen) atoms. The summed E-state index contributed by atoms with van der Waals surface area (Å²) in [5, 5.41) is 22.3. The van der Waals surface area contributed by atoms with E-state index in [2.05, 4.69) is 85.7 Å². The lowest BCUT2D eigenvalue weighted by atomic mass is 9.82. The Hall–Kier alpha value is -4.51. The average Bonchev–Trinajstić information content (AvgIpc) is 2.92. The van der Waals surface area contributed by atoms with Crippen molar-refractivity contribution in [1.29, 1.82) is 0 Å². The van der Waals surface area contributed by atoms with Crippen molar-refractivity contribution < 1.29 is 10.2 Å². The maximum atomic E-state index is 11.3. The van der Waals surface area contributed by atoms with E-state index in [1.165, 1.54) is 11.1 Å². The molecule has 5 aromatic rings. The Balaban J connectivity index is 1.59. The van der Waals surface area contributed by atoms with E-state index >= 15 is 0 Å². The molecule has 220 valence electrons. The zero-order valence-electron chi connectivity index (χ0n) is 26.7. The Bertz CT molecular complexity index is 1800. The van der Waals surface area contributed by atoms with Gasteiger partial charge in [-0.25, -0.2) is 15.0 Å². The molecule has 0 aliphatic carbocycles. The van der Waals surface area contributed by atoms with Gasteiger partial charge in [-0.2, -0.15) is 0 Å². The van der Waals surface area contributed by atoms with Crippen molar-refractivity contribution in [1.82, 2.24) is 15.0 Å². The number of aromatic hydroxyl groups is 2. The second-order valence-electron chi connectivity index (χ2n) is 12.9. The monoisotopic (exact) mass is 571 g/mol. The van der Waals surface area contributed by atoms with Crippen LogP contribution in [0.3, 0.4) is 0 Å². The van der Waals surface area contributed by atoms with Gasteiger partial charge in [-0.3, -0.25) is 0 Å². The van der Waals surface area contributed by atoms with Gasteiger partial charge in [-0.1, -0.05) is 80.4 Å². The van der Waals surface area contributed by atoms with Crippen molar-refractivity contribution in [3.63, 3.8) is 0 Å². The van der Waals surface area contributed by atoms with Gasteiger partial charge in [0.25, 0.3) is 0 Å². The van der Waals surface area contributed by atoms with Gasteiger partial charge in [0.05, 0.1) is 5.56 Å². The molecule has 5 heteroatoms. The highest BCUT2D eigenvalue weighted by atomic mass is 16.3. The summed E-state index contributed by atoms with van der Waals surface area (Å²) in [6.07, 6.45) is 0.586. The molecule has 1 aromatic heterocycles. The first-order valence-corrected chi connectivity index (χ1v) is 14.8. The lowest BCUT2D eigenvalue weighted by Crippen LogP contribution is -2.13. The number of hydrogen-bond acceptors (Lipinski definition) is 5. The maximum Gasteiger partial charge on any atom is 0.167 e. The van der Waals surface area contributed by atoms with Crippen molar-refractivity contribution >= 4 is 0 Å². The molecule has 2 N–H and O–H groups in total. The highest BCUT2D eigenvalue weighted by Crippen LogP contribution is 2.38. The van der Waals surface area contributed by atoms with Crippen molar-refractivity contribution in [2.75, 3.05) is 0 Å². The van der Waals surface area contributed by atoms with Gasteiger partial charge in [0.2, 0.25) is 0 Å². The van der Waals surface area contributed by atoms with Crippen LogP contribution >= 0.6 is 0 Å². The minimum atomic E-state index is -0.158. The van der Waals surface area contributed by atoms with Crippen LogP contribution < -0.4 is 0 Å². The minimum Gasteiger partial charge on any atom is -0.507 e. The van der Waals surface area contributed by atoms with E-state index < -0.39 is 0 Å². The summed E-state index contributed by atoms with van der Waals surface area (Å²) in [6, 6.07) is 20.2. The minimum absolute atomic E-state index is 0.104. The Morgan fingerprint density at radius 1 is 0.581 bits per heavy atom. The van der Waals surface area contributed by atoms with Crippen LogP contribution in [0.15, 0.2) is 60.7 Å². The number of rotatable bonds is 5. The second kappa shape index (κ2) is 11.3. The summed E-state index contributed by atoms with van der Waals surface area (Å²) in [5.74, 6) is 2.01. The van der Waals surface area contributed by atoms with Crippen LogP contribution in [0, 0.1) is 41.5 Å². The third-order valence-electron chi connectivity index (χ3n) is 8.27. The van der Waals surface area contributed by atoms with Crippen molar-refractivity contribution in [2.24, 2.45) is 0 Å². The average molecular weight is 572 g/mol. The first-order chi connectivity index (χ1) is 20.2. The molecule has 0 spiro atoms. The topological polar surface area (TPSA) is 79.1 Å². The Kier molecular flexibility index (Phi) is 7.87. The van der Waals surface area contributed by atoms with Gasteiger partial charge < -0.3 is 10.2 Å². The molecule has 0 unspecified atom stereocenters. The van der Waals surface area contributed by atoms with Crippen molar-refractivity contribution in [2.45, 2.75) is 74.1 Å². The number of nitrogens with zero attached hydrogens (tertiary/aromatic N) is 3. The Morgan fingerprint density at radius 2 is 1.07 bits per heavy atom. The van der Waals surface area contributed by atoms with Crippen LogP contribution in [-0.2, 0) is 11.8 Å². The largest absolute Gasteiger partial charge is 0.507 e. The number of aromatic nitrogens is 3. The predicted octanol–water partition coefficient (Wildman–Crippen LogP) is 9.02. The molecule has 0 fully saturated rings. The van der Waals surface area contributed by atoms with Gasteiger partial charge >= 0.3 is 0 Å². The fraction of sp³-hybridized carbons (Fsp3) is 0.289. The summed E-state index contributed by atoms with van der Waals surface area (Å²) < 4.78 is 0. The summed E-state index contributed by atoms with van der Waals surface area (Å²) >= 11 is 0. The summed E-state index contributed by atoms with van der Waals surface area (Å²) in [7, 11) is 0. The van der Waals surface area contributed by atoms with Gasteiger partial charge in [-0.15, -0.1) is 0 Å². The zero-order chi connectivity index (χ0) is 31.2. The van der Waals surface area contributed by atoms with Crippen LogP contribution in [0.25, 0.3) is 34.2 Å². The summed E-state index contributed by atoms with van der Waals surface area (Å²) in [4.78, 5) is 14.6. The first kappa shape index (κ1) is 30.0. The number of hydrogen-bond donors (Lipinski definition) is 2. The van der Waals surface area contributed by atoms with Gasteiger partial charge in [0, 0.05) is 11.1 Å². The normalized spacial score (nSPS) is 11.7. The SMILES string of the molecule is Cc1ccc(-c2nc(-c3ccc(C)cc3C)nc(-c3ccc(Cc4c(C)cc(C(C)(C)C)c(O)c4C)cc3O)n2)c(C)c1. The zero-order valence-corrected chi connectivity index (χ0v) is 26.7. The van der Waals surface area contributed by atoms with Crippen molar-refractivity contribution in [3.05, 3.63) is 111 Å². The van der Waals surface area contributed by atoms with E-state index in [4.69, 9.17) is 15.0 Å².